The number of aromatic nitrogens is 1. The molecule has 0 saturated carbocycles. The van der Waals surface area contributed by atoms with Gasteiger partial charge in [-0.1, -0.05) is 19.9 Å². The van der Waals surface area contributed by atoms with E-state index in [-0.39, 0.29) is 17.5 Å². The Morgan fingerprint density at radius 3 is 2.46 bits per heavy atom. The zero-order valence-corrected chi connectivity index (χ0v) is 15.3. The number of primary amides is 1. The lowest BCUT2D eigenvalue weighted by Crippen LogP contribution is -2.23. The van der Waals surface area contributed by atoms with Gasteiger partial charge in [0.25, 0.3) is 5.91 Å². The molecule has 1 heterocycles. The van der Waals surface area contributed by atoms with Crippen LogP contribution in [0.15, 0.2) is 30.3 Å². The normalized spacial score (nSPS) is 10.5. The van der Waals surface area contributed by atoms with Crippen LogP contribution in [0, 0.1) is 5.92 Å². The van der Waals surface area contributed by atoms with E-state index >= 15 is 0 Å². The van der Waals surface area contributed by atoms with E-state index in [4.69, 9.17) is 15.2 Å². The highest BCUT2D eigenvalue weighted by Gasteiger charge is 2.16. The number of nitrogens with two attached hydrogens (primary N) is 1. The maximum atomic E-state index is 11.9. The van der Waals surface area contributed by atoms with Crippen molar-refractivity contribution < 1.29 is 19.1 Å². The summed E-state index contributed by atoms with van der Waals surface area (Å²) in [6, 6.07) is 8.86. The summed E-state index contributed by atoms with van der Waals surface area (Å²) in [7, 11) is 3.16. The molecule has 7 nitrogen and oxygen atoms in total. The zero-order valence-electron chi connectivity index (χ0n) is 15.3. The lowest BCUT2D eigenvalue weighted by atomic mass is 10.1. The molecule has 1 aromatic heterocycles. The fraction of sp³-hybridized carbons (Fsp3) is 0.316. The molecule has 0 unspecified atom stereocenters. The van der Waals surface area contributed by atoms with Crippen molar-refractivity contribution in [3.8, 4) is 11.5 Å². The first-order valence-electron chi connectivity index (χ1n) is 8.17. The largest absolute Gasteiger partial charge is 0.497 e. The van der Waals surface area contributed by atoms with Gasteiger partial charge in [0.2, 0.25) is 5.91 Å². The number of rotatable bonds is 7. The van der Waals surface area contributed by atoms with Gasteiger partial charge in [-0.2, -0.15) is 0 Å². The molecule has 2 rings (SSSR count). The first-order valence-corrected chi connectivity index (χ1v) is 8.17. The molecule has 2 aromatic rings. The summed E-state index contributed by atoms with van der Waals surface area (Å²) < 4.78 is 10.6. The molecule has 0 atom stereocenters. The highest BCUT2D eigenvalue weighted by atomic mass is 16.5. The smallest absolute Gasteiger partial charge is 0.269 e. The number of amides is 2. The Hall–Kier alpha value is -3.09. The highest BCUT2D eigenvalue weighted by molar-refractivity contribution is 6.01. The van der Waals surface area contributed by atoms with Gasteiger partial charge in [0.05, 0.1) is 19.9 Å². The summed E-state index contributed by atoms with van der Waals surface area (Å²) in [5.41, 5.74) is 7.28. The van der Waals surface area contributed by atoms with E-state index in [9.17, 15) is 9.59 Å². The number of anilines is 1. The van der Waals surface area contributed by atoms with E-state index < -0.39 is 5.91 Å². The third kappa shape index (κ3) is 4.50. The first-order chi connectivity index (χ1) is 12.3. The number of methoxy groups -OCH3 is 2. The van der Waals surface area contributed by atoms with Gasteiger partial charge >= 0.3 is 0 Å². The summed E-state index contributed by atoms with van der Waals surface area (Å²) >= 11 is 0. The van der Waals surface area contributed by atoms with E-state index in [1.54, 1.807) is 46.3 Å². The Morgan fingerprint density at radius 1 is 1.15 bits per heavy atom. The average molecular weight is 357 g/mol. The molecule has 0 aliphatic carbocycles. The van der Waals surface area contributed by atoms with E-state index in [0.29, 0.717) is 29.3 Å². The minimum absolute atomic E-state index is 0.0315. The molecular weight excluding hydrogens is 334 g/mol. The van der Waals surface area contributed by atoms with E-state index in [1.807, 2.05) is 12.1 Å². The SMILES string of the molecule is COc1ccc(Cc2ccc(NC(=O)C(C)C)c(C(N)=O)n2)c(OC)c1. The van der Waals surface area contributed by atoms with Crippen LogP contribution < -0.4 is 20.5 Å². The van der Waals surface area contributed by atoms with Crippen LogP contribution in [-0.4, -0.2) is 31.0 Å². The van der Waals surface area contributed by atoms with Crippen molar-refractivity contribution in [3.63, 3.8) is 0 Å². The second-order valence-corrected chi connectivity index (χ2v) is 6.06. The van der Waals surface area contributed by atoms with E-state index in [0.717, 1.165) is 5.56 Å². The Kier molecular flexibility index (Phi) is 6.16. The quantitative estimate of drug-likeness (QED) is 0.792. The lowest BCUT2D eigenvalue weighted by Gasteiger charge is -2.13. The lowest BCUT2D eigenvalue weighted by molar-refractivity contribution is -0.118. The van der Waals surface area contributed by atoms with Crippen LogP contribution in [0.1, 0.15) is 35.6 Å². The van der Waals surface area contributed by atoms with Gasteiger partial charge < -0.3 is 20.5 Å². The van der Waals surface area contributed by atoms with Crippen LogP contribution in [0.5, 0.6) is 11.5 Å². The Bertz CT molecular complexity index is 818. The van der Waals surface area contributed by atoms with Crippen LogP contribution in [-0.2, 0) is 11.2 Å². The number of carbonyl (C=O) groups is 2. The van der Waals surface area contributed by atoms with Crippen molar-refractivity contribution in [2.24, 2.45) is 11.7 Å². The van der Waals surface area contributed by atoms with Crippen molar-refractivity contribution >= 4 is 17.5 Å². The minimum Gasteiger partial charge on any atom is -0.497 e. The minimum atomic E-state index is -0.701. The fourth-order valence-corrected chi connectivity index (χ4v) is 2.36. The molecule has 0 fully saturated rings. The summed E-state index contributed by atoms with van der Waals surface area (Å²) in [5, 5.41) is 2.68. The topological polar surface area (TPSA) is 104 Å². The summed E-state index contributed by atoms with van der Waals surface area (Å²) in [6.07, 6.45) is 0.436. The molecule has 2 amide bonds. The number of pyridine rings is 1. The monoisotopic (exact) mass is 357 g/mol. The van der Waals surface area contributed by atoms with Gasteiger partial charge in [0.15, 0.2) is 5.69 Å². The maximum absolute atomic E-state index is 11.9. The summed E-state index contributed by atoms with van der Waals surface area (Å²) in [6.45, 7) is 3.52. The number of hydrogen-bond donors (Lipinski definition) is 2. The standard InChI is InChI=1S/C19H23N3O4/c1-11(2)19(24)22-15-8-6-13(21-17(15)18(20)23)9-12-5-7-14(25-3)10-16(12)26-4/h5-8,10-11H,9H2,1-4H3,(H2,20,23)(H,22,24). The number of benzene rings is 1. The fourth-order valence-electron chi connectivity index (χ4n) is 2.36. The molecule has 7 heteroatoms. The molecule has 26 heavy (non-hydrogen) atoms. The molecule has 0 saturated heterocycles. The van der Waals surface area contributed by atoms with Crippen molar-refractivity contribution in [2.75, 3.05) is 19.5 Å². The predicted octanol–water partition coefficient (Wildman–Crippen LogP) is 2.38. The van der Waals surface area contributed by atoms with Gasteiger partial charge in [-0.15, -0.1) is 0 Å². The highest BCUT2D eigenvalue weighted by Crippen LogP contribution is 2.27. The van der Waals surface area contributed by atoms with Crippen molar-refractivity contribution in [3.05, 3.63) is 47.3 Å². The third-order valence-corrected chi connectivity index (χ3v) is 3.83. The van der Waals surface area contributed by atoms with Crippen LogP contribution in [0.25, 0.3) is 0 Å². The molecule has 138 valence electrons. The van der Waals surface area contributed by atoms with Crippen molar-refractivity contribution in [2.45, 2.75) is 20.3 Å². The average Bonchev–Trinajstić information content (AvgIpc) is 2.62. The van der Waals surface area contributed by atoms with Crippen molar-refractivity contribution in [1.29, 1.82) is 0 Å². The third-order valence-electron chi connectivity index (χ3n) is 3.83. The Labute approximate surface area is 152 Å². The van der Waals surface area contributed by atoms with Crippen molar-refractivity contribution in [1.82, 2.24) is 4.98 Å². The Morgan fingerprint density at radius 2 is 1.88 bits per heavy atom. The number of carbonyl (C=O) groups excluding carboxylic acids is 2. The molecule has 0 aliphatic heterocycles. The van der Waals surface area contributed by atoms with Crippen LogP contribution in [0.3, 0.4) is 0 Å². The van der Waals surface area contributed by atoms with Gasteiger partial charge in [-0.3, -0.25) is 9.59 Å². The molecule has 3 N–H and O–H groups in total. The Balaban J connectivity index is 2.33. The zero-order chi connectivity index (χ0) is 19.3. The summed E-state index contributed by atoms with van der Waals surface area (Å²) in [5.74, 6) is 0.206. The number of ether oxygens (including phenoxy) is 2. The van der Waals surface area contributed by atoms with Gasteiger partial charge in [-0.25, -0.2) is 4.98 Å². The second-order valence-electron chi connectivity index (χ2n) is 6.06. The van der Waals surface area contributed by atoms with Gasteiger partial charge in [0, 0.05) is 29.7 Å². The van der Waals surface area contributed by atoms with Gasteiger partial charge in [0.1, 0.15) is 11.5 Å². The molecule has 0 spiro atoms. The van der Waals surface area contributed by atoms with Gasteiger partial charge in [-0.05, 0) is 18.2 Å². The second kappa shape index (κ2) is 8.33. The predicted molar refractivity (Wildman–Crippen MR) is 98.6 cm³/mol. The number of hydrogen-bond acceptors (Lipinski definition) is 5. The number of nitrogens with one attached hydrogen (secondary N) is 1. The van der Waals surface area contributed by atoms with Crippen LogP contribution >= 0.6 is 0 Å². The maximum Gasteiger partial charge on any atom is 0.269 e. The molecule has 0 radical (unpaired) electrons. The van der Waals surface area contributed by atoms with E-state index in [2.05, 4.69) is 10.3 Å². The van der Waals surface area contributed by atoms with Crippen LogP contribution in [0.4, 0.5) is 5.69 Å². The summed E-state index contributed by atoms with van der Waals surface area (Å²) in [4.78, 5) is 28.0. The molecule has 0 bridgehead atoms. The number of nitrogens with zero attached hydrogens (tertiary/aromatic N) is 1. The van der Waals surface area contributed by atoms with E-state index in [1.165, 1.54) is 0 Å². The van der Waals surface area contributed by atoms with Crippen LogP contribution in [0.2, 0.25) is 0 Å². The molecular formula is C19H23N3O4. The molecule has 1 aromatic carbocycles. The molecule has 0 aliphatic rings. The first kappa shape index (κ1) is 19.2.